The SMILES string of the molecule is Cc1ccc(CSC2=NC3(CCCCC3)N=C2c2cccs2)c(C)c1. The molecule has 1 spiro atoms. The van der Waals surface area contributed by atoms with Crippen molar-refractivity contribution in [3.05, 3.63) is 57.3 Å². The first-order valence-electron chi connectivity index (χ1n) is 9.08. The van der Waals surface area contributed by atoms with Gasteiger partial charge in [-0.2, -0.15) is 0 Å². The van der Waals surface area contributed by atoms with Gasteiger partial charge in [0.1, 0.15) is 10.8 Å². The van der Waals surface area contributed by atoms with Gasteiger partial charge in [-0.15, -0.1) is 11.3 Å². The molecule has 0 unspecified atom stereocenters. The third kappa shape index (κ3) is 3.61. The molecule has 0 radical (unpaired) electrons. The summed E-state index contributed by atoms with van der Waals surface area (Å²) >= 11 is 3.63. The van der Waals surface area contributed by atoms with E-state index in [1.807, 2.05) is 11.8 Å². The lowest BCUT2D eigenvalue weighted by Crippen LogP contribution is -2.25. The summed E-state index contributed by atoms with van der Waals surface area (Å²) in [5.74, 6) is 0.964. The normalized spacial score (nSPS) is 19.1. The molecule has 2 heterocycles. The zero-order valence-corrected chi connectivity index (χ0v) is 16.6. The summed E-state index contributed by atoms with van der Waals surface area (Å²) in [6.07, 6.45) is 6.04. The number of benzene rings is 1. The topological polar surface area (TPSA) is 24.7 Å². The van der Waals surface area contributed by atoms with Crippen LogP contribution in [0.4, 0.5) is 0 Å². The van der Waals surface area contributed by atoms with Crippen molar-refractivity contribution in [1.82, 2.24) is 0 Å². The predicted molar refractivity (Wildman–Crippen MR) is 111 cm³/mol. The van der Waals surface area contributed by atoms with E-state index in [0.29, 0.717) is 0 Å². The second kappa shape index (κ2) is 7.08. The fourth-order valence-electron chi connectivity index (χ4n) is 3.69. The van der Waals surface area contributed by atoms with Crippen LogP contribution in [0, 0.1) is 13.8 Å². The fraction of sp³-hybridized carbons (Fsp3) is 0.429. The van der Waals surface area contributed by atoms with E-state index in [1.165, 1.54) is 40.8 Å². The Hall–Kier alpha value is -1.39. The Morgan fingerprint density at radius 1 is 1.08 bits per heavy atom. The molecule has 0 atom stereocenters. The van der Waals surface area contributed by atoms with E-state index in [2.05, 4.69) is 49.6 Å². The van der Waals surface area contributed by atoms with Crippen molar-refractivity contribution < 1.29 is 0 Å². The maximum Gasteiger partial charge on any atom is 0.152 e. The lowest BCUT2D eigenvalue weighted by Gasteiger charge is -2.27. The number of hydrogen-bond donors (Lipinski definition) is 0. The van der Waals surface area contributed by atoms with Crippen LogP contribution in [0.1, 0.15) is 53.7 Å². The smallest absolute Gasteiger partial charge is 0.152 e. The van der Waals surface area contributed by atoms with Gasteiger partial charge in [0.05, 0.1) is 4.88 Å². The highest BCUT2D eigenvalue weighted by molar-refractivity contribution is 8.15. The molecule has 1 fully saturated rings. The van der Waals surface area contributed by atoms with E-state index in [4.69, 9.17) is 9.98 Å². The molecule has 0 bridgehead atoms. The largest absolute Gasteiger partial charge is 0.251 e. The van der Waals surface area contributed by atoms with Crippen molar-refractivity contribution in [3.8, 4) is 0 Å². The fourth-order valence-corrected chi connectivity index (χ4v) is 5.62. The van der Waals surface area contributed by atoms with Crippen molar-refractivity contribution in [2.24, 2.45) is 9.98 Å². The lowest BCUT2D eigenvalue weighted by atomic mass is 9.90. The quantitative estimate of drug-likeness (QED) is 0.637. The number of thiophene rings is 1. The molecule has 1 aliphatic heterocycles. The van der Waals surface area contributed by atoms with Gasteiger partial charge in [0.15, 0.2) is 5.66 Å². The number of aliphatic imine (C=N–C) groups is 2. The van der Waals surface area contributed by atoms with Gasteiger partial charge in [-0.1, -0.05) is 48.0 Å². The second-order valence-corrected chi connectivity index (χ2v) is 9.03. The van der Waals surface area contributed by atoms with Crippen molar-refractivity contribution in [2.45, 2.75) is 57.4 Å². The molecule has 25 heavy (non-hydrogen) atoms. The van der Waals surface area contributed by atoms with E-state index in [-0.39, 0.29) is 5.66 Å². The van der Waals surface area contributed by atoms with Gasteiger partial charge < -0.3 is 0 Å². The van der Waals surface area contributed by atoms with Gasteiger partial charge in [-0.3, -0.25) is 4.99 Å². The molecule has 1 aliphatic carbocycles. The Bertz CT molecular complexity index is 812. The minimum Gasteiger partial charge on any atom is -0.251 e. The number of hydrogen-bond acceptors (Lipinski definition) is 4. The first kappa shape index (κ1) is 17.0. The molecule has 2 aliphatic rings. The molecule has 0 amide bonds. The summed E-state index contributed by atoms with van der Waals surface area (Å²) < 4.78 is 0. The Morgan fingerprint density at radius 3 is 2.64 bits per heavy atom. The van der Waals surface area contributed by atoms with Gasteiger partial charge >= 0.3 is 0 Å². The predicted octanol–water partition coefficient (Wildman–Crippen LogP) is 6.16. The first-order valence-corrected chi connectivity index (χ1v) is 10.9. The highest BCUT2D eigenvalue weighted by atomic mass is 32.2. The lowest BCUT2D eigenvalue weighted by molar-refractivity contribution is 0.317. The number of aryl methyl sites for hydroxylation is 2. The van der Waals surface area contributed by atoms with Crippen molar-refractivity contribution >= 4 is 33.9 Å². The highest BCUT2D eigenvalue weighted by Crippen LogP contribution is 2.39. The molecular weight excluding hydrogens is 344 g/mol. The minimum atomic E-state index is -0.164. The van der Waals surface area contributed by atoms with Gasteiger partial charge in [-0.05, 0) is 62.1 Å². The molecule has 0 saturated heterocycles. The van der Waals surface area contributed by atoms with Gasteiger partial charge in [0.2, 0.25) is 0 Å². The summed E-state index contributed by atoms with van der Waals surface area (Å²) in [7, 11) is 0. The van der Waals surface area contributed by atoms with Crippen LogP contribution in [0.25, 0.3) is 0 Å². The Morgan fingerprint density at radius 2 is 1.92 bits per heavy atom. The van der Waals surface area contributed by atoms with Crippen LogP contribution in [0.5, 0.6) is 0 Å². The van der Waals surface area contributed by atoms with E-state index in [0.717, 1.165) is 29.3 Å². The van der Waals surface area contributed by atoms with Crippen molar-refractivity contribution in [3.63, 3.8) is 0 Å². The van der Waals surface area contributed by atoms with Crippen LogP contribution in [0.2, 0.25) is 0 Å². The number of thioether (sulfide) groups is 1. The zero-order chi connectivity index (χ0) is 17.3. The average Bonchev–Trinajstić information content (AvgIpc) is 3.23. The number of nitrogens with zero attached hydrogens (tertiary/aromatic N) is 2. The molecule has 4 rings (SSSR count). The van der Waals surface area contributed by atoms with E-state index in [1.54, 1.807) is 11.3 Å². The van der Waals surface area contributed by atoms with Gasteiger partial charge in [0.25, 0.3) is 0 Å². The summed E-state index contributed by atoms with van der Waals surface area (Å²) in [5, 5.41) is 3.28. The monoisotopic (exact) mass is 368 g/mol. The third-order valence-electron chi connectivity index (χ3n) is 5.10. The van der Waals surface area contributed by atoms with Crippen LogP contribution >= 0.6 is 23.1 Å². The zero-order valence-electron chi connectivity index (χ0n) is 14.9. The van der Waals surface area contributed by atoms with E-state index >= 15 is 0 Å². The average molecular weight is 369 g/mol. The molecule has 1 aromatic carbocycles. The second-order valence-electron chi connectivity index (χ2n) is 7.12. The standard InChI is InChI=1S/C21H24N2S2/c1-15-8-9-17(16(2)13-15)14-25-20-19(18-7-6-12-24-18)22-21(23-20)10-4-3-5-11-21/h6-9,12-13H,3-5,10-11,14H2,1-2H3. The minimum absolute atomic E-state index is 0.164. The number of rotatable bonds is 3. The molecule has 2 nitrogen and oxygen atoms in total. The van der Waals surface area contributed by atoms with E-state index in [9.17, 15) is 0 Å². The van der Waals surface area contributed by atoms with Crippen LogP contribution < -0.4 is 0 Å². The maximum atomic E-state index is 5.16. The Balaban J connectivity index is 1.59. The van der Waals surface area contributed by atoms with Crippen LogP contribution in [0.3, 0.4) is 0 Å². The molecule has 0 N–H and O–H groups in total. The molecule has 4 heteroatoms. The van der Waals surface area contributed by atoms with Crippen molar-refractivity contribution in [1.29, 1.82) is 0 Å². The Labute approximate surface area is 158 Å². The summed E-state index contributed by atoms with van der Waals surface area (Å²) in [6.45, 7) is 4.36. The molecule has 1 aromatic heterocycles. The van der Waals surface area contributed by atoms with Gasteiger partial charge in [-0.25, -0.2) is 4.99 Å². The van der Waals surface area contributed by atoms with Crippen LogP contribution in [-0.2, 0) is 5.75 Å². The van der Waals surface area contributed by atoms with Crippen LogP contribution in [0.15, 0.2) is 45.7 Å². The van der Waals surface area contributed by atoms with Crippen molar-refractivity contribution in [2.75, 3.05) is 0 Å². The molecule has 130 valence electrons. The first-order chi connectivity index (χ1) is 12.2. The molecular formula is C21H24N2S2. The molecule has 2 aromatic rings. The summed E-state index contributed by atoms with van der Waals surface area (Å²) in [4.78, 5) is 11.6. The Kier molecular flexibility index (Phi) is 4.83. The highest BCUT2D eigenvalue weighted by Gasteiger charge is 2.37. The van der Waals surface area contributed by atoms with E-state index < -0.39 is 0 Å². The maximum absolute atomic E-state index is 5.16. The summed E-state index contributed by atoms with van der Waals surface area (Å²) in [5.41, 5.74) is 5.06. The van der Waals surface area contributed by atoms with Crippen LogP contribution in [-0.4, -0.2) is 16.4 Å². The van der Waals surface area contributed by atoms with Gasteiger partial charge in [0, 0.05) is 5.75 Å². The summed E-state index contributed by atoms with van der Waals surface area (Å²) in [6, 6.07) is 11.0. The molecule has 1 saturated carbocycles. The third-order valence-corrected chi connectivity index (χ3v) is 6.99.